The topological polar surface area (TPSA) is 6.48 Å². The SMILES string of the molecule is CCCCc1ccc2c(N(c3cc(C(C)(C)C)cc(C(C)(C)C)c3)c3cc(C(C)(C)C)cc(C(C)(C)C)c3)c3ccccc3c(N(c3cc(C(C)(C)C)cc(C(C)(C)C)c3)c3cc(C(C)(C)C)cc(C(C)(C)C)c3)c2c1. The van der Waals surface area contributed by atoms with Crippen LogP contribution >= 0.6 is 0 Å². The van der Waals surface area contributed by atoms with Gasteiger partial charge in [0.25, 0.3) is 0 Å². The fourth-order valence-corrected chi connectivity index (χ4v) is 10.4. The third-order valence-corrected chi connectivity index (χ3v) is 15.9. The van der Waals surface area contributed by atoms with Crippen LogP contribution in [0.4, 0.5) is 34.1 Å². The lowest BCUT2D eigenvalue weighted by Gasteiger charge is -2.37. The van der Waals surface area contributed by atoms with Gasteiger partial charge < -0.3 is 9.80 Å². The Kier molecular flexibility index (Phi) is 15.5. The highest BCUT2D eigenvalue weighted by atomic mass is 15.2. The molecule has 2 heteroatoms. The van der Waals surface area contributed by atoms with E-state index in [9.17, 15) is 0 Å². The summed E-state index contributed by atoms with van der Waals surface area (Å²) in [5, 5.41) is 4.95. The zero-order valence-corrected chi connectivity index (χ0v) is 52.5. The molecule has 7 rings (SSSR count). The lowest BCUT2D eigenvalue weighted by molar-refractivity contribution is 0.567. The zero-order valence-electron chi connectivity index (χ0n) is 52.5. The quantitative estimate of drug-likeness (QED) is 0.105. The molecule has 0 N–H and O–H groups in total. The van der Waals surface area contributed by atoms with Crippen LogP contribution in [0, 0.1) is 0 Å². The number of hydrogen-bond donors (Lipinski definition) is 0. The summed E-state index contributed by atoms with van der Waals surface area (Å²) in [6.07, 6.45) is 3.29. The molecule has 0 saturated heterocycles. The first-order chi connectivity index (χ1) is 34.7. The van der Waals surface area contributed by atoms with E-state index in [1.165, 1.54) is 106 Å². The minimum atomic E-state index is -0.0890. The van der Waals surface area contributed by atoms with Gasteiger partial charge in [-0.3, -0.25) is 0 Å². The molecule has 76 heavy (non-hydrogen) atoms. The molecular formula is C74H100N2. The number of hydrogen-bond acceptors (Lipinski definition) is 2. The highest BCUT2D eigenvalue weighted by Crippen LogP contribution is 2.54. The molecule has 7 aromatic rings. The van der Waals surface area contributed by atoms with Crippen LogP contribution in [0.15, 0.2) is 115 Å². The lowest BCUT2D eigenvalue weighted by Crippen LogP contribution is -2.22. The van der Waals surface area contributed by atoms with E-state index in [1.54, 1.807) is 0 Å². The minimum absolute atomic E-state index is 0.0881. The lowest BCUT2D eigenvalue weighted by atomic mass is 9.79. The third kappa shape index (κ3) is 12.5. The summed E-state index contributed by atoms with van der Waals surface area (Å²) in [6, 6.07) is 46.8. The zero-order chi connectivity index (χ0) is 56.7. The number of unbranched alkanes of at least 4 members (excludes halogenated alkanes) is 1. The molecule has 0 bridgehead atoms. The van der Waals surface area contributed by atoms with Gasteiger partial charge in [0.2, 0.25) is 0 Å². The molecule has 406 valence electrons. The van der Waals surface area contributed by atoms with Crippen molar-refractivity contribution in [1.82, 2.24) is 0 Å². The highest BCUT2D eigenvalue weighted by molar-refractivity contribution is 6.23. The summed E-state index contributed by atoms with van der Waals surface area (Å²) in [4.78, 5) is 5.36. The highest BCUT2D eigenvalue weighted by Gasteiger charge is 2.33. The van der Waals surface area contributed by atoms with E-state index in [2.05, 4.69) is 298 Å². The van der Waals surface area contributed by atoms with Crippen LogP contribution in [0.5, 0.6) is 0 Å². The second-order valence-electron chi connectivity index (χ2n) is 31.0. The molecule has 0 aliphatic carbocycles. The van der Waals surface area contributed by atoms with Crippen LogP contribution in [0.1, 0.15) is 236 Å². The summed E-state index contributed by atoms with van der Waals surface area (Å²) in [6.45, 7) is 59.2. The summed E-state index contributed by atoms with van der Waals surface area (Å²) in [5.74, 6) is 0. The summed E-state index contributed by atoms with van der Waals surface area (Å²) >= 11 is 0. The number of aryl methyl sites for hydroxylation is 1. The van der Waals surface area contributed by atoms with Crippen molar-refractivity contribution in [3.05, 3.63) is 165 Å². The van der Waals surface area contributed by atoms with Crippen molar-refractivity contribution in [1.29, 1.82) is 0 Å². The molecule has 0 heterocycles. The normalized spacial score (nSPS) is 13.5. The van der Waals surface area contributed by atoms with Gasteiger partial charge >= 0.3 is 0 Å². The maximum atomic E-state index is 2.69. The maximum absolute atomic E-state index is 2.69. The predicted molar refractivity (Wildman–Crippen MR) is 339 cm³/mol. The Morgan fingerprint density at radius 1 is 0.276 bits per heavy atom. The first-order valence-corrected chi connectivity index (χ1v) is 28.9. The molecule has 0 aliphatic heterocycles. The molecule has 0 aromatic heterocycles. The number of rotatable bonds is 9. The van der Waals surface area contributed by atoms with Crippen molar-refractivity contribution in [3.63, 3.8) is 0 Å². The van der Waals surface area contributed by atoms with E-state index in [0.29, 0.717) is 0 Å². The Balaban J connectivity index is 1.81. The summed E-state index contributed by atoms with van der Waals surface area (Å²) in [5.41, 5.74) is 18.6. The van der Waals surface area contributed by atoms with Gasteiger partial charge in [0.1, 0.15) is 0 Å². The Hall–Kier alpha value is -5.34. The molecular weight excluding hydrogens is 917 g/mol. The van der Waals surface area contributed by atoms with Crippen molar-refractivity contribution in [2.45, 2.75) is 236 Å². The number of nitrogens with zero attached hydrogens (tertiary/aromatic N) is 2. The Morgan fingerprint density at radius 3 is 0.750 bits per heavy atom. The van der Waals surface area contributed by atoms with Gasteiger partial charge in [-0.05, 0) is 161 Å². The largest absolute Gasteiger partial charge is 0.309 e. The first kappa shape index (κ1) is 58.3. The first-order valence-electron chi connectivity index (χ1n) is 28.9. The van der Waals surface area contributed by atoms with Crippen molar-refractivity contribution >= 4 is 55.7 Å². The van der Waals surface area contributed by atoms with Crippen LogP contribution in [0.2, 0.25) is 0 Å². The van der Waals surface area contributed by atoms with E-state index in [-0.39, 0.29) is 43.3 Å². The third-order valence-electron chi connectivity index (χ3n) is 15.9. The van der Waals surface area contributed by atoms with E-state index >= 15 is 0 Å². The van der Waals surface area contributed by atoms with E-state index in [1.807, 2.05) is 0 Å². The minimum Gasteiger partial charge on any atom is -0.309 e. The second kappa shape index (κ2) is 20.2. The van der Waals surface area contributed by atoms with E-state index < -0.39 is 0 Å². The van der Waals surface area contributed by atoms with Gasteiger partial charge in [-0.25, -0.2) is 0 Å². The summed E-state index contributed by atoms with van der Waals surface area (Å²) in [7, 11) is 0. The van der Waals surface area contributed by atoms with Gasteiger partial charge in [0.05, 0.1) is 11.4 Å². The number of fused-ring (bicyclic) bond motifs is 2. The Labute approximate surface area is 464 Å². The van der Waals surface area contributed by atoms with E-state index in [0.717, 1.165) is 19.3 Å². The molecule has 0 amide bonds. The summed E-state index contributed by atoms with van der Waals surface area (Å²) < 4.78 is 0. The molecule has 0 fully saturated rings. The Morgan fingerprint density at radius 2 is 0.513 bits per heavy atom. The smallest absolute Gasteiger partial charge is 0.0620 e. The number of benzene rings is 7. The molecule has 7 aromatic carbocycles. The van der Waals surface area contributed by atoms with Gasteiger partial charge in [-0.2, -0.15) is 0 Å². The van der Waals surface area contributed by atoms with Gasteiger partial charge in [0.15, 0.2) is 0 Å². The second-order valence-corrected chi connectivity index (χ2v) is 31.0. The van der Waals surface area contributed by atoms with Crippen LogP contribution in [-0.4, -0.2) is 0 Å². The van der Waals surface area contributed by atoms with Crippen LogP contribution in [0.3, 0.4) is 0 Å². The molecule has 0 saturated carbocycles. The molecule has 0 atom stereocenters. The fraction of sp³-hybridized carbons (Fsp3) is 0.486. The van der Waals surface area contributed by atoms with Gasteiger partial charge in [-0.15, -0.1) is 0 Å². The van der Waals surface area contributed by atoms with Crippen LogP contribution in [0.25, 0.3) is 21.5 Å². The average Bonchev–Trinajstić information content (AvgIpc) is 3.29. The maximum Gasteiger partial charge on any atom is 0.0620 e. The average molecular weight is 1020 g/mol. The van der Waals surface area contributed by atoms with Gasteiger partial charge in [0, 0.05) is 44.3 Å². The predicted octanol–water partition coefficient (Wildman–Crippen LogP) is 22.7. The fourth-order valence-electron chi connectivity index (χ4n) is 10.4. The number of anilines is 6. The molecule has 0 spiro atoms. The monoisotopic (exact) mass is 1020 g/mol. The molecule has 0 aliphatic rings. The van der Waals surface area contributed by atoms with Crippen molar-refractivity contribution < 1.29 is 0 Å². The van der Waals surface area contributed by atoms with Crippen LogP contribution < -0.4 is 9.80 Å². The molecule has 0 unspecified atom stereocenters. The Bertz CT molecular complexity index is 2960. The van der Waals surface area contributed by atoms with Gasteiger partial charge in [-0.1, -0.05) is 240 Å². The van der Waals surface area contributed by atoms with Crippen molar-refractivity contribution in [3.8, 4) is 0 Å². The van der Waals surface area contributed by atoms with Crippen molar-refractivity contribution in [2.75, 3.05) is 9.80 Å². The van der Waals surface area contributed by atoms with Crippen molar-refractivity contribution in [2.24, 2.45) is 0 Å². The van der Waals surface area contributed by atoms with Crippen LogP contribution in [-0.2, 0) is 49.7 Å². The standard InChI is InChI=1S/C74H100N2/c1-26-27-30-48-33-34-63-64(35-48)66(76(59-44-53(71(14,15)16)38-54(45-59)72(17,18)19)60-46-55(73(20,21)22)39-56(47-60)74(23,24)25)62-32-29-28-31-61(62)65(63)75(57-40-49(67(2,3)4)36-50(41-57)68(5,6)7)58-42-51(69(8,9)10)37-52(43-58)70(11,12)13/h28-29,31-47H,26-27,30H2,1-25H3. The molecule has 2 nitrogen and oxygen atoms in total. The van der Waals surface area contributed by atoms with E-state index in [4.69, 9.17) is 0 Å². The molecule has 0 radical (unpaired) electrons.